The van der Waals surface area contributed by atoms with E-state index in [1.165, 1.54) is 7.11 Å². The van der Waals surface area contributed by atoms with Crippen LogP contribution in [-0.2, 0) is 4.52 Å². The molecule has 1 atom stereocenters. The molecule has 0 bridgehead atoms. The van der Waals surface area contributed by atoms with Gasteiger partial charge in [0, 0.05) is 12.4 Å². The lowest BCUT2D eigenvalue weighted by molar-refractivity contribution is 0.400. The molecule has 0 heterocycles. The normalized spacial score (nSPS) is 13.0. The molecule has 1 unspecified atom stereocenters. The topological polar surface area (TPSA) is 29.5 Å². The number of hydrogen-bond acceptors (Lipinski definition) is 2. The van der Waals surface area contributed by atoms with Gasteiger partial charge in [-0.2, -0.15) is 0 Å². The van der Waals surface area contributed by atoms with Gasteiger partial charge in [0.2, 0.25) is 8.38 Å². The molecule has 0 spiro atoms. The zero-order valence-electron chi connectivity index (χ0n) is 6.61. The smallest absolute Gasteiger partial charge is 0.202 e. The van der Waals surface area contributed by atoms with E-state index in [2.05, 4.69) is 0 Å². The molecule has 11 heavy (non-hydrogen) atoms. The third-order valence-corrected chi connectivity index (χ3v) is 2.75. The Balaban J connectivity index is 2.93. The molecule has 0 aliphatic rings. The molecule has 1 aromatic carbocycles. The first kappa shape index (κ1) is 8.66. The van der Waals surface area contributed by atoms with Crippen molar-refractivity contribution in [3.63, 3.8) is 0 Å². The minimum absolute atomic E-state index is 0.894. The van der Waals surface area contributed by atoms with Crippen LogP contribution in [0, 0.1) is 6.92 Å². The SMILES string of the molecule is COP(O)c1ccccc1C. The molecular formula is C8H11O2P. The van der Waals surface area contributed by atoms with Crippen molar-refractivity contribution in [1.82, 2.24) is 0 Å². The van der Waals surface area contributed by atoms with Crippen molar-refractivity contribution in [3.8, 4) is 0 Å². The van der Waals surface area contributed by atoms with Crippen LogP contribution in [0.2, 0.25) is 0 Å². The Morgan fingerprint density at radius 1 is 1.36 bits per heavy atom. The summed E-state index contributed by atoms with van der Waals surface area (Å²) in [6.07, 6.45) is 0. The van der Waals surface area contributed by atoms with Crippen molar-refractivity contribution in [1.29, 1.82) is 0 Å². The van der Waals surface area contributed by atoms with Crippen LogP contribution in [-0.4, -0.2) is 12.0 Å². The summed E-state index contributed by atoms with van der Waals surface area (Å²) in [4.78, 5) is 9.35. The molecule has 0 aromatic heterocycles. The Morgan fingerprint density at radius 2 is 2.00 bits per heavy atom. The molecule has 1 rings (SSSR count). The average molecular weight is 170 g/mol. The quantitative estimate of drug-likeness (QED) is 0.682. The summed E-state index contributed by atoms with van der Waals surface area (Å²) in [5.74, 6) is 0. The van der Waals surface area contributed by atoms with Gasteiger partial charge in [0.15, 0.2) is 0 Å². The van der Waals surface area contributed by atoms with E-state index in [0.717, 1.165) is 10.9 Å². The zero-order valence-corrected chi connectivity index (χ0v) is 7.51. The second-order valence-electron chi connectivity index (χ2n) is 2.24. The highest BCUT2D eigenvalue weighted by Crippen LogP contribution is 2.29. The van der Waals surface area contributed by atoms with E-state index in [1.807, 2.05) is 31.2 Å². The summed E-state index contributed by atoms with van der Waals surface area (Å²) < 4.78 is 4.84. The van der Waals surface area contributed by atoms with Crippen molar-refractivity contribution < 1.29 is 9.42 Å². The van der Waals surface area contributed by atoms with Crippen LogP contribution in [0.25, 0.3) is 0 Å². The molecule has 0 amide bonds. The highest BCUT2D eigenvalue weighted by molar-refractivity contribution is 7.55. The maximum absolute atomic E-state index is 9.35. The van der Waals surface area contributed by atoms with Crippen LogP contribution < -0.4 is 5.30 Å². The van der Waals surface area contributed by atoms with Gasteiger partial charge in [0.25, 0.3) is 0 Å². The first-order valence-corrected chi connectivity index (χ1v) is 4.55. The maximum Gasteiger partial charge on any atom is 0.202 e. The van der Waals surface area contributed by atoms with E-state index < -0.39 is 8.38 Å². The third-order valence-electron chi connectivity index (χ3n) is 1.49. The lowest BCUT2D eigenvalue weighted by Gasteiger charge is -2.09. The van der Waals surface area contributed by atoms with E-state index in [9.17, 15) is 4.89 Å². The summed E-state index contributed by atoms with van der Waals surface area (Å²) in [7, 11) is 0.118. The van der Waals surface area contributed by atoms with E-state index in [-0.39, 0.29) is 0 Å². The molecule has 0 aliphatic heterocycles. The third kappa shape index (κ3) is 2.00. The fourth-order valence-electron chi connectivity index (χ4n) is 0.876. The molecule has 0 aliphatic carbocycles. The van der Waals surface area contributed by atoms with Crippen LogP contribution in [0.15, 0.2) is 24.3 Å². The van der Waals surface area contributed by atoms with Gasteiger partial charge in [-0.3, -0.25) is 0 Å². The molecule has 0 radical (unpaired) electrons. The molecule has 60 valence electrons. The van der Waals surface area contributed by atoms with Crippen LogP contribution in [0.3, 0.4) is 0 Å². The minimum Gasteiger partial charge on any atom is -0.346 e. The lowest BCUT2D eigenvalue weighted by atomic mass is 10.2. The monoisotopic (exact) mass is 170 g/mol. The van der Waals surface area contributed by atoms with Gasteiger partial charge in [0.05, 0.1) is 0 Å². The largest absolute Gasteiger partial charge is 0.346 e. The van der Waals surface area contributed by atoms with E-state index in [0.29, 0.717) is 0 Å². The first-order chi connectivity index (χ1) is 5.25. The zero-order chi connectivity index (χ0) is 8.27. The summed E-state index contributed by atoms with van der Waals surface area (Å²) in [5.41, 5.74) is 1.07. The van der Waals surface area contributed by atoms with Gasteiger partial charge in [-0.1, -0.05) is 18.2 Å². The van der Waals surface area contributed by atoms with E-state index in [1.54, 1.807) is 0 Å². The maximum atomic E-state index is 9.35. The predicted octanol–water partition coefficient (Wildman–Crippen LogP) is 1.57. The Kier molecular flexibility index (Phi) is 3.01. The van der Waals surface area contributed by atoms with Crippen molar-refractivity contribution in [2.75, 3.05) is 7.11 Å². The van der Waals surface area contributed by atoms with Gasteiger partial charge in [-0.15, -0.1) is 0 Å². The summed E-state index contributed by atoms with van der Waals surface area (Å²) in [6.45, 7) is 1.96. The van der Waals surface area contributed by atoms with Gasteiger partial charge in [-0.05, 0) is 18.6 Å². The fourth-order valence-corrected chi connectivity index (χ4v) is 1.66. The Morgan fingerprint density at radius 3 is 2.55 bits per heavy atom. The Labute approximate surface area is 67.7 Å². The second kappa shape index (κ2) is 3.82. The van der Waals surface area contributed by atoms with Gasteiger partial charge in [0.1, 0.15) is 0 Å². The lowest BCUT2D eigenvalue weighted by Crippen LogP contribution is -2.04. The highest BCUT2D eigenvalue weighted by Gasteiger charge is 2.07. The second-order valence-corrected chi connectivity index (χ2v) is 3.63. The van der Waals surface area contributed by atoms with Crippen LogP contribution in [0.4, 0.5) is 0 Å². The van der Waals surface area contributed by atoms with Gasteiger partial charge < -0.3 is 9.42 Å². The molecule has 0 saturated carbocycles. The van der Waals surface area contributed by atoms with Crippen molar-refractivity contribution in [3.05, 3.63) is 29.8 Å². The number of rotatable bonds is 2. The average Bonchev–Trinajstić information content (AvgIpc) is 2.04. The van der Waals surface area contributed by atoms with Crippen molar-refractivity contribution in [2.24, 2.45) is 0 Å². The molecule has 0 saturated heterocycles. The van der Waals surface area contributed by atoms with Gasteiger partial charge in [-0.25, -0.2) is 0 Å². The molecule has 2 nitrogen and oxygen atoms in total. The van der Waals surface area contributed by atoms with Gasteiger partial charge >= 0.3 is 0 Å². The number of aryl methyl sites for hydroxylation is 1. The first-order valence-electron chi connectivity index (χ1n) is 3.34. The Bertz CT molecular complexity index is 237. The fraction of sp³-hybridized carbons (Fsp3) is 0.250. The summed E-state index contributed by atoms with van der Waals surface area (Å²) >= 11 is 0. The molecule has 1 aromatic rings. The molecular weight excluding hydrogens is 159 g/mol. The molecule has 3 heteroatoms. The molecule has 1 N–H and O–H groups in total. The summed E-state index contributed by atoms with van der Waals surface area (Å²) in [5, 5.41) is 0.894. The Hall–Kier alpha value is -0.430. The minimum atomic E-state index is -1.39. The van der Waals surface area contributed by atoms with Crippen LogP contribution in [0.1, 0.15) is 5.56 Å². The van der Waals surface area contributed by atoms with E-state index in [4.69, 9.17) is 4.52 Å². The van der Waals surface area contributed by atoms with Crippen molar-refractivity contribution in [2.45, 2.75) is 6.92 Å². The summed E-state index contributed by atoms with van der Waals surface area (Å²) in [6, 6.07) is 7.68. The standard InChI is InChI=1S/C8H11O2P/c1-7-5-3-4-6-8(7)11(9)10-2/h3-6,9H,1-2H3. The predicted molar refractivity (Wildman–Crippen MR) is 47.0 cm³/mol. The number of hydrogen-bond donors (Lipinski definition) is 1. The van der Waals surface area contributed by atoms with Crippen molar-refractivity contribution >= 4 is 13.7 Å². The van der Waals surface area contributed by atoms with Crippen LogP contribution in [0.5, 0.6) is 0 Å². The number of benzene rings is 1. The van der Waals surface area contributed by atoms with Crippen LogP contribution >= 0.6 is 8.38 Å². The molecule has 0 fully saturated rings. The van der Waals surface area contributed by atoms with E-state index >= 15 is 0 Å². The highest BCUT2D eigenvalue weighted by atomic mass is 31.2.